The van der Waals surface area contributed by atoms with Crippen LogP contribution in [0.3, 0.4) is 0 Å². The molecule has 5 N–H and O–H groups in total. The molecular weight excluding hydrogens is 375 g/mol. The predicted octanol–water partition coefficient (Wildman–Crippen LogP) is 3.27. The van der Waals surface area contributed by atoms with Crippen LogP contribution in [-0.4, -0.2) is 22.9 Å². The molecule has 1 atom stereocenters. The molecule has 1 unspecified atom stereocenters. The third-order valence-electron chi connectivity index (χ3n) is 4.23. The Morgan fingerprint density at radius 3 is 2.86 bits per heavy atom. The minimum absolute atomic E-state index is 0.0729. The van der Waals surface area contributed by atoms with Gasteiger partial charge in [-0.2, -0.15) is 4.39 Å². The maximum Gasteiger partial charge on any atom is 0.212 e. The molecule has 0 bridgehead atoms. The van der Waals surface area contributed by atoms with Crippen LogP contribution in [0.1, 0.15) is 28.7 Å². The zero-order valence-electron chi connectivity index (χ0n) is 15.7. The molecule has 0 spiro atoms. The summed E-state index contributed by atoms with van der Waals surface area (Å²) < 4.78 is 23.6. The van der Waals surface area contributed by atoms with Crippen molar-refractivity contribution in [2.24, 2.45) is 0 Å². The van der Waals surface area contributed by atoms with Gasteiger partial charge in [-0.05, 0) is 48.0 Å². The van der Waals surface area contributed by atoms with Crippen molar-refractivity contribution in [2.45, 2.75) is 12.8 Å². The van der Waals surface area contributed by atoms with Crippen molar-refractivity contribution in [3.05, 3.63) is 83.3 Å². The number of nitrogen functional groups attached to an aromatic ring is 1. The van der Waals surface area contributed by atoms with Gasteiger partial charge in [0.1, 0.15) is 17.7 Å². The summed E-state index contributed by atoms with van der Waals surface area (Å²) in [4.78, 5) is 3.57. The van der Waals surface area contributed by atoms with E-state index in [1.54, 1.807) is 42.7 Å². The van der Waals surface area contributed by atoms with Crippen molar-refractivity contribution < 1.29 is 18.7 Å². The summed E-state index contributed by atoms with van der Waals surface area (Å²) in [5.41, 5.74) is 7.88. The van der Waals surface area contributed by atoms with E-state index in [2.05, 4.69) is 10.3 Å². The number of benzene rings is 1. The number of methoxy groups -OCH3 is 1. The number of nitrogens with zero attached hydrogens (tertiary/aromatic N) is 1. The molecule has 150 valence electrons. The van der Waals surface area contributed by atoms with Crippen molar-refractivity contribution in [1.82, 2.24) is 10.3 Å². The van der Waals surface area contributed by atoms with E-state index in [0.29, 0.717) is 34.7 Å². The SMILES string of the molecule is COc1c(C(O)NCc2ccco2)ccc(N)c1C(=N)/C=C/c1ccc(F)nc1. The van der Waals surface area contributed by atoms with E-state index in [-0.39, 0.29) is 11.5 Å². The summed E-state index contributed by atoms with van der Waals surface area (Å²) in [5.74, 6) is 0.380. The lowest BCUT2D eigenvalue weighted by Gasteiger charge is -2.19. The molecule has 1 aromatic carbocycles. The van der Waals surface area contributed by atoms with Gasteiger partial charge in [0.15, 0.2) is 0 Å². The van der Waals surface area contributed by atoms with Crippen LogP contribution in [-0.2, 0) is 6.54 Å². The maximum absolute atomic E-state index is 12.9. The molecule has 7 nitrogen and oxygen atoms in total. The topological polar surface area (TPSA) is 117 Å². The molecule has 2 aromatic heterocycles. The standard InChI is InChI=1S/C21H21FN4O3/c1-28-20-15(21(27)26-12-14-3-2-10-29-14)6-8-17(24)19(20)16(23)7-4-13-5-9-18(22)25-11-13/h2-11,21,23,26-27H,12,24H2,1H3/b7-4+,23-16?. The summed E-state index contributed by atoms with van der Waals surface area (Å²) in [5, 5.41) is 21.9. The predicted molar refractivity (Wildman–Crippen MR) is 108 cm³/mol. The van der Waals surface area contributed by atoms with E-state index in [1.807, 2.05) is 0 Å². The van der Waals surface area contributed by atoms with Crippen LogP contribution in [0.25, 0.3) is 6.08 Å². The Morgan fingerprint density at radius 2 is 2.21 bits per heavy atom. The molecule has 0 fully saturated rings. The smallest absolute Gasteiger partial charge is 0.212 e. The largest absolute Gasteiger partial charge is 0.496 e. The fourth-order valence-corrected chi connectivity index (χ4v) is 2.80. The average molecular weight is 396 g/mol. The Kier molecular flexibility index (Phi) is 6.38. The Morgan fingerprint density at radius 1 is 1.38 bits per heavy atom. The second-order valence-corrected chi connectivity index (χ2v) is 6.18. The normalized spacial score (nSPS) is 12.2. The van der Waals surface area contributed by atoms with Crippen molar-refractivity contribution in [1.29, 1.82) is 5.41 Å². The lowest BCUT2D eigenvalue weighted by Crippen LogP contribution is -2.21. The number of aliphatic hydroxyl groups excluding tert-OH is 1. The number of nitrogens with two attached hydrogens (primary N) is 1. The minimum Gasteiger partial charge on any atom is -0.496 e. The zero-order valence-corrected chi connectivity index (χ0v) is 15.7. The van der Waals surface area contributed by atoms with Gasteiger partial charge >= 0.3 is 0 Å². The van der Waals surface area contributed by atoms with Crippen molar-refractivity contribution in [2.75, 3.05) is 12.8 Å². The first-order chi connectivity index (χ1) is 14.0. The number of hydrogen-bond acceptors (Lipinski definition) is 7. The number of pyridine rings is 1. The van der Waals surface area contributed by atoms with E-state index in [4.69, 9.17) is 20.3 Å². The number of anilines is 1. The molecule has 0 saturated carbocycles. The first kappa shape index (κ1) is 20.2. The van der Waals surface area contributed by atoms with Gasteiger partial charge in [0.25, 0.3) is 0 Å². The number of aliphatic hydroxyl groups is 1. The van der Waals surface area contributed by atoms with Gasteiger partial charge in [0.05, 0.1) is 31.2 Å². The van der Waals surface area contributed by atoms with Crippen LogP contribution in [0.5, 0.6) is 5.75 Å². The monoisotopic (exact) mass is 396 g/mol. The molecule has 0 amide bonds. The van der Waals surface area contributed by atoms with Crippen LogP contribution < -0.4 is 15.8 Å². The average Bonchev–Trinajstić information content (AvgIpc) is 3.24. The molecule has 0 aliphatic carbocycles. The number of hydrogen-bond donors (Lipinski definition) is 4. The number of nitrogens with one attached hydrogen (secondary N) is 2. The molecule has 3 aromatic rings. The molecule has 3 rings (SSSR count). The number of halogens is 1. The molecule has 0 saturated heterocycles. The third-order valence-corrected chi connectivity index (χ3v) is 4.23. The Hall–Kier alpha value is -3.49. The van der Waals surface area contributed by atoms with Crippen molar-refractivity contribution in [3.63, 3.8) is 0 Å². The van der Waals surface area contributed by atoms with Crippen molar-refractivity contribution >= 4 is 17.5 Å². The quantitative estimate of drug-likeness (QED) is 0.201. The first-order valence-corrected chi connectivity index (χ1v) is 8.78. The van der Waals surface area contributed by atoms with Gasteiger partial charge in [-0.3, -0.25) is 5.32 Å². The summed E-state index contributed by atoms with van der Waals surface area (Å²) in [6.07, 6.45) is 4.97. The highest BCUT2D eigenvalue weighted by Gasteiger charge is 2.20. The van der Waals surface area contributed by atoms with Crippen LogP contribution in [0.4, 0.5) is 10.1 Å². The van der Waals surface area contributed by atoms with Crippen molar-refractivity contribution in [3.8, 4) is 5.75 Å². The fraction of sp³-hybridized carbons (Fsp3) is 0.143. The summed E-state index contributed by atoms with van der Waals surface area (Å²) in [7, 11) is 1.45. The van der Waals surface area contributed by atoms with Gasteiger partial charge in [0, 0.05) is 17.4 Å². The number of ether oxygens (including phenoxy) is 1. The van der Waals surface area contributed by atoms with Crippen LogP contribution in [0.15, 0.2) is 59.4 Å². The zero-order chi connectivity index (χ0) is 20.8. The number of aromatic nitrogens is 1. The van der Waals surface area contributed by atoms with Gasteiger partial charge in [0.2, 0.25) is 5.95 Å². The fourth-order valence-electron chi connectivity index (χ4n) is 2.80. The second-order valence-electron chi connectivity index (χ2n) is 6.18. The Balaban J connectivity index is 1.84. The first-order valence-electron chi connectivity index (χ1n) is 8.78. The molecule has 8 heteroatoms. The van der Waals surface area contributed by atoms with E-state index < -0.39 is 12.2 Å². The van der Waals surface area contributed by atoms with Crippen LogP contribution >= 0.6 is 0 Å². The summed E-state index contributed by atoms with van der Waals surface area (Å²) in [6.45, 7) is 0.311. The molecule has 2 heterocycles. The van der Waals surface area contributed by atoms with E-state index in [9.17, 15) is 9.50 Å². The third kappa shape index (κ3) is 4.87. The Bertz CT molecular complexity index is 1000. The van der Waals surface area contributed by atoms with Gasteiger partial charge in [-0.25, -0.2) is 4.98 Å². The molecule has 0 aliphatic rings. The maximum atomic E-state index is 12.9. The highest BCUT2D eigenvalue weighted by atomic mass is 19.1. The number of furan rings is 1. The highest BCUT2D eigenvalue weighted by molar-refractivity contribution is 6.13. The summed E-state index contributed by atoms with van der Waals surface area (Å²) in [6, 6.07) is 9.57. The second kappa shape index (κ2) is 9.13. The lowest BCUT2D eigenvalue weighted by atomic mass is 10.0. The lowest BCUT2D eigenvalue weighted by molar-refractivity contribution is 0.131. The molecule has 0 aliphatic heterocycles. The van der Waals surface area contributed by atoms with Crippen LogP contribution in [0.2, 0.25) is 0 Å². The molecule has 29 heavy (non-hydrogen) atoms. The van der Waals surface area contributed by atoms with E-state index in [0.717, 1.165) is 0 Å². The summed E-state index contributed by atoms with van der Waals surface area (Å²) >= 11 is 0. The van der Waals surface area contributed by atoms with Gasteiger partial charge in [-0.1, -0.05) is 6.08 Å². The van der Waals surface area contributed by atoms with Gasteiger partial charge < -0.3 is 25.4 Å². The van der Waals surface area contributed by atoms with E-state index >= 15 is 0 Å². The Labute approximate surface area is 167 Å². The highest BCUT2D eigenvalue weighted by Crippen LogP contribution is 2.33. The number of rotatable bonds is 8. The van der Waals surface area contributed by atoms with Crippen LogP contribution in [0, 0.1) is 11.4 Å². The van der Waals surface area contributed by atoms with Gasteiger partial charge in [-0.15, -0.1) is 0 Å². The minimum atomic E-state index is -1.06. The molecular formula is C21H21FN4O3. The number of allylic oxidation sites excluding steroid dienone is 1. The molecule has 0 radical (unpaired) electrons. The van der Waals surface area contributed by atoms with E-state index in [1.165, 1.54) is 25.4 Å².